The van der Waals surface area contributed by atoms with Gasteiger partial charge < -0.3 is 4.90 Å². The second-order valence-corrected chi connectivity index (χ2v) is 9.71. The zero-order chi connectivity index (χ0) is 21.7. The highest BCUT2D eigenvalue weighted by Gasteiger charge is 2.29. The largest absolute Gasteiger partial charge is 0.338 e. The van der Waals surface area contributed by atoms with E-state index < -0.39 is 10.0 Å². The number of hydrogen-bond acceptors (Lipinski definition) is 3. The third-order valence-electron chi connectivity index (χ3n) is 5.47. The van der Waals surface area contributed by atoms with Gasteiger partial charge in [-0.05, 0) is 49.1 Å². The monoisotopic (exact) mass is 446 g/mol. The number of amides is 1. The first kappa shape index (κ1) is 22.4. The van der Waals surface area contributed by atoms with E-state index in [2.05, 4.69) is 13.5 Å². The molecule has 1 aliphatic rings. The molecule has 0 N–H and O–H groups in total. The molecule has 1 unspecified atom stereocenters. The van der Waals surface area contributed by atoms with Crippen LogP contribution in [0.4, 0.5) is 5.69 Å². The van der Waals surface area contributed by atoms with E-state index >= 15 is 0 Å². The Hall–Kier alpha value is -2.31. The number of benzene rings is 2. The van der Waals surface area contributed by atoms with Crippen LogP contribution in [0.1, 0.15) is 36.5 Å². The van der Waals surface area contributed by atoms with E-state index in [1.54, 1.807) is 30.3 Å². The molecular formula is C23H27ClN2O3S. The summed E-state index contributed by atoms with van der Waals surface area (Å²) in [6, 6.07) is 13.3. The van der Waals surface area contributed by atoms with Crippen molar-refractivity contribution in [1.82, 2.24) is 4.90 Å². The fourth-order valence-electron chi connectivity index (χ4n) is 3.77. The lowest BCUT2D eigenvalue weighted by atomic mass is 9.95. The number of sulfonamides is 1. The van der Waals surface area contributed by atoms with E-state index in [1.807, 2.05) is 11.0 Å². The van der Waals surface area contributed by atoms with Crippen molar-refractivity contribution in [2.24, 2.45) is 5.92 Å². The Kier molecular flexibility index (Phi) is 7.21. The van der Waals surface area contributed by atoms with Crippen molar-refractivity contribution in [2.75, 3.05) is 23.9 Å². The number of nitrogens with zero attached hydrogens (tertiary/aromatic N) is 2. The average Bonchev–Trinajstić information content (AvgIpc) is 2.77. The first-order valence-electron chi connectivity index (χ1n) is 10.2. The number of piperidine rings is 1. The maximum atomic E-state index is 13.5. The van der Waals surface area contributed by atoms with Gasteiger partial charge in [-0.15, -0.1) is 6.58 Å². The molecule has 0 spiro atoms. The van der Waals surface area contributed by atoms with Crippen molar-refractivity contribution in [3.05, 3.63) is 71.8 Å². The second kappa shape index (κ2) is 9.67. The van der Waals surface area contributed by atoms with E-state index in [1.165, 1.54) is 22.5 Å². The number of anilines is 1. The van der Waals surface area contributed by atoms with Crippen molar-refractivity contribution in [1.29, 1.82) is 0 Å². The van der Waals surface area contributed by atoms with Crippen LogP contribution in [0.2, 0.25) is 5.02 Å². The summed E-state index contributed by atoms with van der Waals surface area (Å²) in [4.78, 5) is 14.8. The molecule has 1 atom stereocenters. The van der Waals surface area contributed by atoms with E-state index in [9.17, 15) is 13.2 Å². The molecule has 7 heteroatoms. The summed E-state index contributed by atoms with van der Waals surface area (Å²) in [5.41, 5.74) is 0.841. The fourth-order valence-corrected chi connectivity index (χ4v) is 5.71. The minimum atomic E-state index is -3.99. The molecule has 0 saturated carbocycles. The molecule has 3 rings (SSSR count). The molecule has 160 valence electrons. The molecule has 1 fully saturated rings. The van der Waals surface area contributed by atoms with Crippen LogP contribution in [-0.2, 0) is 10.0 Å². The quantitative estimate of drug-likeness (QED) is 0.563. The predicted molar refractivity (Wildman–Crippen MR) is 122 cm³/mol. The van der Waals surface area contributed by atoms with Crippen LogP contribution in [-0.4, -0.2) is 38.9 Å². The summed E-state index contributed by atoms with van der Waals surface area (Å²) in [5.74, 6) is 0.329. The van der Waals surface area contributed by atoms with Crippen LogP contribution in [0.3, 0.4) is 0 Å². The average molecular weight is 447 g/mol. The summed E-state index contributed by atoms with van der Waals surface area (Å²) in [6.07, 6.45) is 4.63. The molecule has 2 aromatic rings. The summed E-state index contributed by atoms with van der Waals surface area (Å²) < 4.78 is 28.2. The van der Waals surface area contributed by atoms with Crippen molar-refractivity contribution < 1.29 is 13.2 Å². The third-order valence-corrected chi connectivity index (χ3v) is 7.74. The van der Waals surface area contributed by atoms with Crippen LogP contribution in [0.15, 0.2) is 66.1 Å². The highest BCUT2D eigenvalue weighted by atomic mass is 35.5. The molecule has 1 aliphatic heterocycles. The zero-order valence-electron chi connectivity index (χ0n) is 17.1. The van der Waals surface area contributed by atoms with E-state index in [-0.39, 0.29) is 22.4 Å². The lowest BCUT2D eigenvalue weighted by molar-refractivity contribution is 0.0671. The molecule has 0 aromatic heterocycles. The van der Waals surface area contributed by atoms with Crippen molar-refractivity contribution in [3.63, 3.8) is 0 Å². The molecule has 1 amide bonds. The fraction of sp³-hybridized carbons (Fsp3) is 0.348. The Labute approximate surface area is 184 Å². The molecule has 30 heavy (non-hydrogen) atoms. The minimum Gasteiger partial charge on any atom is -0.338 e. The molecule has 5 nitrogen and oxygen atoms in total. The van der Waals surface area contributed by atoms with Gasteiger partial charge in [0.05, 0.1) is 17.3 Å². The number of para-hydroxylation sites is 1. The van der Waals surface area contributed by atoms with Crippen molar-refractivity contribution in [3.8, 4) is 0 Å². The SMILES string of the molecule is C=CCN(c1ccccc1)S(=O)(=O)c1cc(C(=O)N2CCCC(CC)C2)ccc1Cl. The van der Waals surface area contributed by atoms with Gasteiger partial charge >= 0.3 is 0 Å². The maximum Gasteiger partial charge on any atom is 0.266 e. The van der Waals surface area contributed by atoms with Gasteiger partial charge in [0, 0.05) is 18.7 Å². The Morgan fingerprint density at radius 2 is 2.00 bits per heavy atom. The number of rotatable bonds is 7. The topological polar surface area (TPSA) is 57.7 Å². The lowest BCUT2D eigenvalue weighted by Gasteiger charge is -2.32. The summed E-state index contributed by atoms with van der Waals surface area (Å²) in [5, 5.41) is 0.0848. The van der Waals surface area contributed by atoms with Crippen LogP contribution in [0, 0.1) is 5.92 Å². The molecule has 2 aromatic carbocycles. The molecule has 0 aliphatic carbocycles. The van der Waals surface area contributed by atoms with Crippen LogP contribution in [0.5, 0.6) is 0 Å². The number of carbonyl (C=O) groups excluding carboxylic acids is 1. The van der Waals surface area contributed by atoms with E-state index in [0.717, 1.165) is 19.3 Å². The summed E-state index contributed by atoms with van der Waals surface area (Å²) in [7, 11) is -3.99. The van der Waals surface area contributed by atoms with Gasteiger partial charge in [-0.1, -0.05) is 49.2 Å². The standard InChI is InChI=1S/C23H27ClN2O3S/c1-3-14-26(20-10-6-5-7-11-20)30(28,29)22-16-19(12-13-21(22)24)23(27)25-15-8-9-18(4-2)17-25/h3,5-7,10-13,16,18H,1,4,8-9,14-15,17H2,2H3. The Morgan fingerprint density at radius 1 is 1.27 bits per heavy atom. The van der Waals surface area contributed by atoms with Gasteiger partial charge in [0.1, 0.15) is 4.90 Å². The van der Waals surface area contributed by atoms with Gasteiger partial charge in [0.2, 0.25) is 0 Å². The van der Waals surface area contributed by atoms with E-state index in [4.69, 9.17) is 11.6 Å². The minimum absolute atomic E-state index is 0.0789. The van der Waals surface area contributed by atoms with E-state index in [0.29, 0.717) is 30.3 Å². The predicted octanol–water partition coefficient (Wildman–Crippen LogP) is 4.98. The number of carbonyl (C=O) groups is 1. The number of hydrogen-bond donors (Lipinski definition) is 0. The lowest BCUT2D eigenvalue weighted by Crippen LogP contribution is -2.40. The normalized spacial score (nSPS) is 16.9. The highest BCUT2D eigenvalue weighted by molar-refractivity contribution is 7.93. The summed E-state index contributed by atoms with van der Waals surface area (Å²) >= 11 is 6.29. The number of likely N-dealkylation sites (tertiary alicyclic amines) is 1. The van der Waals surface area contributed by atoms with Crippen molar-refractivity contribution >= 4 is 33.2 Å². The van der Waals surface area contributed by atoms with Crippen LogP contribution in [0.25, 0.3) is 0 Å². The first-order valence-corrected chi connectivity index (χ1v) is 12.0. The molecule has 1 heterocycles. The van der Waals surface area contributed by atoms with Crippen LogP contribution >= 0.6 is 11.6 Å². The Bertz CT molecular complexity index is 1010. The van der Waals surface area contributed by atoms with Crippen molar-refractivity contribution in [2.45, 2.75) is 31.1 Å². The van der Waals surface area contributed by atoms with Gasteiger partial charge in [-0.2, -0.15) is 0 Å². The maximum absolute atomic E-state index is 13.5. The van der Waals surface area contributed by atoms with Gasteiger partial charge in [-0.25, -0.2) is 8.42 Å². The summed E-state index contributed by atoms with van der Waals surface area (Å²) in [6.45, 7) is 7.28. The Balaban J connectivity index is 1.97. The molecule has 1 saturated heterocycles. The van der Waals surface area contributed by atoms with Crippen LogP contribution < -0.4 is 4.31 Å². The molecular weight excluding hydrogens is 420 g/mol. The third kappa shape index (κ3) is 4.71. The number of halogens is 1. The Morgan fingerprint density at radius 3 is 2.67 bits per heavy atom. The highest BCUT2D eigenvalue weighted by Crippen LogP contribution is 2.30. The molecule has 0 radical (unpaired) electrons. The zero-order valence-corrected chi connectivity index (χ0v) is 18.7. The van der Waals surface area contributed by atoms with Gasteiger partial charge in [0.15, 0.2) is 0 Å². The van der Waals surface area contributed by atoms with Gasteiger partial charge in [-0.3, -0.25) is 9.10 Å². The molecule has 0 bridgehead atoms. The smallest absolute Gasteiger partial charge is 0.266 e. The van der Waals surface area contributed by atoms with Gasteiger partial charge in [0.25, 0.3) is 15.9 Å². The second-order valence-electron chi connectivity index (χ2n) is 7.47. The first-order chi connectivity index (χ1) is 14.4.